The predicted molar refractivity (Wildman–Crippen MR) is 70.2 cm³/mol. The maximum Gasteiger partial charge on any atom is 0.226 e. The van der Waals surface area contributed by atoms with Crippen LogP contribution in [-0.2, 0) is 11.2 Å². The summed E-state index contributed by atoms with van der Waals surface area (Å²) in [7, 11) is 0. The molecule has 0 unspecified atom stereocenters. The van der Waals surface area contributed by atoms with Gasteiger partial charge in [0.25, 0.3) is 0 Å². The summed E-state index contributed by atoms with van der Waals surface area (Å²) >= 11 is 0. The average Bonchev–Trinajstić information content (AvgIpc) is 2.76. The van der Waals surface area contributed by atoms with Gasteiger partial charge in [-0.2, -0.15) is 0 Å². The molecule has 1 amide bonds. The minimum Gasteiger partial charge on any atom is -0.356 e. The first-order chi connectivity index (χ1) is 8.79. The molecule has 2 aromatic rings. The van der Waals surface area contributed by atoms with Crippen molar-refractivity contribution >= 4 is 11.6 Å². The van der Waals surface area contributed by atoms with Gasteiger partial charge < -0.3 is 15.5 Å². The van der Waals surface area contributed by atoms with E-state index in [2.05, 4.69) is 10.3 Å². The molecule has 96 valence electrons. The summed E-state index contributed by atoms with van der Waals surface area (Å²) in [5.74, 6) is 0.00966. The zero-order valence-corrected chi connectivity index (χ0v) is 10.3. The monoisotopic (exact) mass is 246 g/mol. The van der Waals surface area contributed by atoms with E-state index in [1.165, 1.54) is 0 Å². The number of imidazole rings is 1. The molecule has 0 saturated carbocycles. The average molecular weight is 246 g/mol. The van der Waals surface area contributed by atoms with Crippen molar-refractivity contribution in [1.29, 1.82) is 0 Å². The lowest BCUT2D eigenvalue weighted by Crippen LogP contribution is -2.26. The van der Waals surface area contributed by atoms with Crippen molar-refractivity contribution in [3.05, 3.63) is 36.3 Å². The third-order valence-electron chi connectivity index (χ3n) is 2.71. The SMILES string of the molecule is NCCCCNC(=O)Cc1cn2ccccc2n1. The number of carbonyl (C=O) groups is 1. The van der Waals surface area contributed by atoms with Crippen LogP contribution in [0.3, 0.4) is 0 Å². The first-order valence-corrected chi connectivity index (χ1v) is 6.19. The Balaban J connectivity index is 1.86. The first-order valence-electron chi connectivity index (χ1n) is 6.19. The van der Waals surface area contributed by atoms with Gasteiger partial charge in [-0.3, -0.25) is 4.79 Å². The number of hydrogen-bond donors (Lipinski definition) is 2. The molecule has 3 N–H and O–H groups in total. The molecule has 0 saturated heterocycles. The van der Waals surface area contributed by atoms with Gasteiger partial charge in [-0.25, -0.2) is 4.98 Å². The van der Waals surface area contributed by atoms with Crippen LogP contribution in [0, 0.1) is 0 Å². The third kappa shape index (κ3) is 3.30. The molecule has 0 radical (unpaired) electrons. The molecule has 5 heteroatoms. The Labute approximate surface area is 106 Å². The van der Waals surface area contributed by atoms with E-state index in [9.17, 15) is 4.79 Å². The molecule has 2 heterocycles. The van der Waals surface area contributed by atoms with E-state index in [1.807, 2.05) is 35.0 Å². The molecule has 0 aliphatic heterocycles. The number of nitrogens with zero attached hydrogens (tertiary/aromatic N) is 2. The topological polar surface area (TPSA) is 72.4 Å². The smallest absolute Gasteiger partial charge is 0.226 e. The van der Waals surface area contributed by atoms with Crippen LogP contribution < -0.4 is 11.1 Å². The third-order valence-corrected chi connectivity index (χ3v) is 2.71. The van der Waals surface area contributed by atoms with Crippen molar-refractivity contribution in [3.8, 4) is 0 Å². The summed E-state index contributed by atoms with van der Waals surface area (Å²) in [6, 6.07) is 5.78. The number of amides is 1. The predicted octanol–water partition coefficient (Wildman–Crippen LogP) is 0.732. The maximum atomic E-state index is 11.7. The Kier molecular flexibility index (Phi) is 4.30. The summed E-state index contributed by atoms with van der Waals surface area (Å²) in [6.07, 6.45) is 5.99. The normalized spacial score (nSPS) is 10.7. The Hall–Kier alpha value is -1.88. The van der Waals surface area contributed by atoms with E-state index >= 15 is 0 Å². The molecule has 2 rings (SSSR count). The standard InChI is InChI=1S/C13H18N4O/c14-6-2-3-7-15-13(18)9-11-10-17-8-4-1-5-12(17)16-11/h1,4-5,8,10H,2-3,6-7,9,14H2,(H,15,18). The highest BCUT2D eigenvalue weighted by Crippen LogP contribution is 2.04. The highest BCUT2D eigenvalue weighted by molar-refractivity contribution is 5.78. The number of hydrogen-bond acceptors (Lipinski definition) is 3. The van der Waals surface area contributed by atoms with Crippen LogP contribution in [0.5, 0.6) is 0 Å². The number of nitrogens with two attached hydrogens (primary N) is 1. The molecular formula is C13H18N4O. The Morgan fingerprint density at radius 1 is 1.39 bits per heavy atom. The lowest BCUT2D eigenvalue weighted by Gasteiger charge is -2.02. The lowest BCUT2D eigenvalue weighted by molar-refractivity contribution is -0.120. The minimum atomic E-state index is 0.00966. The van der Waals surface area contributed by atoms with Crippen molar-refractivity contribution in [1.82, 2.24) is 14.7 Å². The van der Waals surface area contributed by atoms with Gasteiger partial charge in [0.2, 0.25) is 5.91 Å². The van der Waals surface area contributed by atoms with Crippen molar-refractivity contribution < 1.29 is 4.79 Å². The number of rotatable bonds is 6. The fourth-order valence-corrected chi connectivity index (χ4v) is 1.80. The van der Waals surface area contributed by atoms with Crippen LogP contribution in [-0.4, -0.2) is 28.4 Å². The molecule has 5 nitrogen and oxygen atoms in total. The number of carbonyl (C=O) groups excluding carboxylic acids is 1. The van der Waals surface area contributed by atoms with Crippen LogP contribution in [0.1, 0.15) is 18.5 Å². The van der Waals surface area contributed by atoms with Crippen LogP contribution >= 0.6 is 0 Å². The van der Waals surface area contributed by atoms with E-state index in [-0.39, 0.29) is 5.91 Å². The zero-order valence-electron chi connectivity index (χ0n) is 10.3. The number of unbranched alkanes of at least 4 members (excludes halogenated alkanes) is 1. The van der Waals surface area contributed by atoms with E-state index < -0.39 is 0 Å². The van der Waals surface area contributed by atoms with Gasteiger partial charge in [0.05, 0.1) is 12.1 Å². The quantitative estimate of drug-likeness (QED) is 0.738. The van der Waals surface area contributed by atoms with Crippen molar-refractivity contribution in [2.24, 2.45) is 5.73 Å². The highest BCUT2D eigenvalue weighted by atomic mass is 16.1. The Morgan fingerprint density at radius 2 is 2.28 bits per heavy atom. The molecule has 0 spiro atoms. The van der Waals surface area contributed by atoms with Gasteiger partial charge in [0.1, 0.15) is 5.65 Å². The fourth-order valence-electron chi connectivity index (χ4n) is 1.80. The Morgan fingerprint density at radius 3 is 3.06 bits per heavy atom. The van der Waals surface area contributed by atoms with Crippen molar-refractivity contribution in [3.63, 3.8) is 0 Å². The summed E-state index contributed by atoms with van der Waals surface area (Å²) in [4.78, 5) is 16.0. The van der Waals surface area contributed by atoms with Gasteiger partial charge in [0.15, 0.2) is 0 Å². The largest absolute Gasteiger partial charge is 0.356 e. The molecular weight excluding hydrogens is 228 g/mol. The highest BCUT2D eigenvalue weighted by Gasteiger charge is 2.06. The molecule has 0 fully saturated rings. The number of nitrogens with one attached hydrogen (secondary N) is 1. The summed E-state index contributed by atoms with van der Waals surface area (Å²) in [6.45, 7) is 1.35. The fraction of sp³-hybridized carbons (Fsp3) is 0.385. The molecule has 0 bridgehead atoms. The van der Waals surface area contributed by atoms with Crippen LogP contribution in [0.25, 0.3) is 5.65 Å². The first kappa shape index (κ1) is 12.6. The summed E-state index contributed by atoms with van der Waals surface area (Å²) < 4.78 is 1.91. The van der Waals surface area contributed by atoms with Gasteiger partial charge in [-0.05, 0) is 31.5 Å². The second-order valence-corrected chi connectivity index (χ2v) is 4.22. The molecule has 0 aliphatic rings. The van der Waals surface area contributed by atoms with Gasteiger partial charge in [-0.15, -0.1) is 0 Å². The number of fused-ring (bicyclic) bond motifs is 1. The number of pyridine rings is 1. The molecule has 0 atom stereocenters. The second kappa shape index (κ2) is 6.16. The minimum absolute atomic E-state index is 0.00966. The van der Waals surface area contributed by atoms with Crippen LogP contribution in [0.2, 0.25) is 0 Å². The van der Waals surface area contributed by atoms with Gasteiger partial charge >= 0.3 is 0 Å². The lowest BCUT2D eigenvalue weighted by atomic mass is 10.3. The van der Waals surface area contributed by atoms with Gasteiger partial charge in [0, 0.05) is 18.9 Å². The van der Waals surface area contributed by atoms with Crippen LogP contribution in [0.15, 0.2) is 30.6 Å². The van der Waals surface area contributed by atoms with E-state index in [1.54, 1.807) is 0 Å². The summed E-state index contributed by atoms with van der Waals surface area (Å²) in [5.41, 5.74) is 7.04. The number of aromatic nitrogens is 2. The summed E-state index contributed by atoms with van der Waals surface area (Å²) in [5, 5.41) is 2.87. The van der Waals surface area contributed by atoms with Crippen LogP contribution in [0.4, 0.5) is 0 Å². The van der Waals surface area contributed by atoms with Crippen molar-refractivity contribution in [2.45, 2.75) is 19.3 Å². The van der Waals surface area contributed by atoms with E-state index in [0.717, 1.165) is 24.2 Å². The molecule has 2 aromatic heterocycles. The molecule has 0 aromatic carbocycles. The van der Waals surface area contributed by atoms with E-state index in [4.69, 9.17) is 5.73 Å². The maximum absolute atomic E-state index is 11.7. The zero-order chi connectivity index (χ0) is 12.8. The van der Waals surface area contributed by atoms with Crippen molar-refractivity contribution in [2.75, 3.05) is 13.1 Å². The Bertz CT molecular complexity index is 487. The molecule has 18 heavy (non-hydrogen) atoms. The van der Waals surface area contributed by atoms with E-state index in [0.29, 0.717) is 19.5 Å². The van der Waals surface area contributed by atoms with Gasteiger partial charge in [-0.1, -0.05) is 6.07 Å². The molecule has 0 aliphatic carbocycles. The second-order valence-electron chi connectivity index (χ2n) is 4.22.